The van der Waals surface area contributed by atoms with E-state index in [0.29, 0.717) is 5.56 Å². The van der Waals surface area contributed by atoms with Gasteiger partial charge in [0.1, 0.15) is 11.6 Å². The minimum absolute atomic E-state index is 0.00585. The van der Waals surface area contributed by atoms with Gasteiger partial charge in [-0.05, 0) is 52.7 Å². The van der Waals surface area contributed by atoms with Crippen LogP contribution in [0.15, 0.2) is 39.7 Å². The lowest BCUT2D eigenvalue weighted by Gasteiger charge is -2.10. The van der Waals surface area contributed by atoms with Crippen LogP contribution in [0.4, 0.5) is 14.5 Å². The third kappa shape index (κ3) is 3.24. The highest BCUT2D eigenvalue weighted by atomic mass is 79.9. The summed E-state index contributed by atoms with van der Waals surface area (Å²) in [4.78, 5) is -0.124. The van der Waals surface area contributed by atoms with Gasteiger partial charge in [-0.2, -0.15) is 0 Å². The minimum atomic E-state index is -3.95. The van der Waals surface area contributed by atoms with Crippen molar-refractivity contribution in [3.05, 3.63) is 57.6 Å². The molecule has 21 heavy (non-hydrogen) atoms. The number of hydrogen-bond acceptors (Lipinski definition) is 3. The fourth-order valence-electron chi connectivity index (χ4n) is 1.88. The summed E-state index contributed by atoms with van der Waals surface area (Å²) in [7, 11) is -3.95. The van der Waals surface area contributed by atoms with Crippen LogP contribution in [-0.4, -0.2) is 8.42 Å². The highest BCUT2D eigenvalue weighted by Crippen LogP contribution is 2.28. The number of halogens is 3. The van der Waals surface area contributed by atoms with Crippen molar-refractivity contribution in [2.75, 3.05) is 5.73 Å². The fraction of sp³-hybridized carbons (Fsp3) is 0.143. The molecule has 2 rings (SSSR count). The average Bonchev–Trinajstić information content (AvgIpc) is 2.42. The van der Waals surface area contributed by atoms with Gasteiger partial charge in [0.2, 0.25) is 0 Å². The first kappa shape index (κ1) is 15.9. The number of aryl methyl sites for hydroxylation is 1. The van der Waals surface area contributed by atoms with Gasteiger partial charge in [-0.3, -0.25) is 0 Å². The zero-order valence-corrected chi connectivity index (χ0v) is 13.4. The molecule has 0 atom stereocenters. The van der Waals surface area contributed by atoms with Gasteiger partial charge in [-0.15, -0.1) is 0 Å². The number of sulfone groups is 1. The van der Waals surface area contributed by atoms with Crippen LogP contribution in [0.2, 0.25) is 0 Å². The highest BCUT2D eigenvalue weighted by Gasteiger charge is 2.23. The smallest absolute Gasteiger partial charge is 0.184 e. The highest BCUT2D eigenvalue weighted by molar-refractivity contribution is 9.10. The van der Waals surface area contributed by atoms with Gasteiger partial charge in [0.25, 0.3) is 0 Å². The first-order chi connectivity index (χ1) is 9.72. The van der Waals surface area contributed by atoms with Crippen LogP contribution < -0.4 is 5.73 Å². The van der Waals surface area contributed by atoms with Crippen molar-refractivity contribution in [2.45, 2.75) is 17.6 Å². The van der Waals surface area contributed by atoms with E-state index in [4.69, 9.17) is 5.73 Å². The van der Waals surface area contributed by atoms with Crippen molar-refractivity contribution >= 4 is 31.5 Å². The molecule has 0 saturated heterocycles. The van der Waals surface area contributed by atoms with E-state index in [1.54, 1.807) is 13.0 Å². The maximum absolute atomic E-state index is 13.9. The molecule has 0 heterocycles. The zero-order chi connectivity index (χ0) is 15.8. The molecule has 0 spiro atoms. The maximum Gasteiger partial charge on any atom is 0.184 e. The van der Waals surface area contributed by atoms with Crippen LogP contribution in [0.3, 0.4) is 0 Å². The molecule has 0 amide bonds. The molecule has 2 aromatic rings. The third-order valence-corrected chi connectivity index (χ3v) is 5.28. The first-order valence-corrected chi connectivity index (χ1v) is 8.38. The maximum atomic E-state index is 13.9. The number of hydrogen-bond donors (Lipinski definition) is 1. The Kier molecular flexibility index (Phi) is 4.34. The summed E-state index contributed by atoms with van der Waals surface area (Å²) in [6.45, 7) is 1.71. The molecule has 0 aliphatic heterocycles. The Morgan fingerprint density at radius 1 is 1.19 bits per heavy atom. The van der Waals surface area contributed by atoms with Crippen LogP contribution in [0.1, 0.15) is 11.1 Å². The second-order valence-corrected chi connectivity index (χ2v) is 7.43. The molecule has 3 nitrogen and oxygen atoms in total. The lowest BCUT2D eigenvalue weighted by atomic mass is 10.2. The van der Waals surface area contributed by atoms with Gasteiger partial charge in [0, 0.05) is 5.56 Å². The number of nitrogen functional groups attached to an aromatic ring is 1. The Bertz CT molecular complexity index is 807. The predicted molar refractivity (Wildman–Crippen MR) is 80.5 cm³/mol. The van der Waals surface area contributed by atoms with Crippen LogP contribution in [0.25, 0.3) is 0 Å². The Balaban J connectivity index is 2.53. The Morgan fingerprint density at radius 2 is 1.86 bits per heavy atom. The van der Waals surface area contributed by atoms with Crippen molar-refractivity contribution in [3.63, 3.8) is 0 Å². The van der Waals surface area contributed by atoms with Crippen molar-refractivity contribution in [2.24, 2.45) is 0 Å². The van der Waals surface area contributed by atoms with Crippen molar-refractivity contribution in [1.29, 1.82) is 0 Å². The van der Waals surface area contributed by atoms with Gasteiger partial charge >= 0.3 is 0 Å². The van der Waals surface area contributed by atoms with Crippen LogP contribution in [0.5, 0.6) is 0 Å². The Hall–Kier alpha value is -1.47. The minimum Gasteiger partial charge on any atom is -0.398 e. The van der Waals surface area contributed by atoms with Gasteiger partial charge < -0.3 is 5.73 Å². The summed E-state index contributed by atoms with van der Waals surface area (Å²) in [6, 6.07) is 6.70. The van der Waals surface area contributed by atoms with Gasteiger partial charge in [-0.25, -0.2) is 17.2 Å². The number of benzene rings is 2. The second kappa shape index (κ2) is 5.73. The van der Waals surface area contributed by atoms with Gasteiger partial charge in [0.15, 0.2) is 9.84 Å². The predicted octanol–water partition coefficient (Wildman–Crippen LogP) is 3.59. The third-order valence-electron chi connectivity index (χ3n) is 2.98. The summed E-state index contributed by atoms with van der Waals surface area (Å²) in [5, 5.41) is 0. The molecule has 2 N–H and O–H groups in total. The zero-order valence-electron chi connectivity index (χ0n) is 11.0. The first-order valence-electron chi connectivity index (χ1n) is 5.93. The van der Waals surface area contributed by atoms with Gasteiger partial charge in [-0.1, -0.05) is 6.07 Å². The molecule has 0 saturated carbocycles. The van der Waals surface area contributed by atoms with Crippen LogP contribution in [-0.2, 0) is 15.6 Å². The number of anilines is 1. The number of nitrogens with two attached hydrogens (primary N) is 1. The normalized spacial score (nSPS) is 11.6. The molecular formula is C14H12BrF2NO2S. The summed E-state index contributed by atoms with van der Waals surface area (Å²) < 4.78 is 52.3. The van der Waals surface area contributed by atoms with E-state index >= 15 is 0 Å². The second-order valence-electron chi connectivity index (χ2n) is 4.62. The molecule has 7 heteroatoms. The largest absolute Gasteiger partial charge is 0.398 e. The topological polar surface area (TPSA) is 60.2 Å². The van der Waals surface area contributed by atoms with E-state index < -0.39 is 32.8 Å². The van der Waals surface area contributed by atoms with Crippen molar-refractivity contribution in [3.8, 4) is 0 Å². The molecule has 0 aromatic heterocycles. The standard InChI is InChI=1S/C14H12BrF2NO2S/c1-8-2-5-12(18)13(6-8)21(19,20)7-9-11(16)4-3-10(15)14(9)17/h2-6H,7,18H2,1H3. The quantitative estimate of drug-likeness (QED) is 0.658. The Morgan fingerprint density at radius 3 is 2.52 bits per heavy atom. The average molecular weight is 376 g/mol. The van der Waals surface area contributed by atoms with E-state index in [9.17, 15) is 17.2 Å². The van der Waals surface area contributed by atoms with E-state index in [-0.39, 0.29) is 15.1 Å². The molecular weight excluding hydrogens is 364 g/mol. The van der Waals surface area contributed by atoms with Crippen molar-refractivity contribution < 1.29 is 17.2 Å². The lowest BCUT2D eigenvalue weighted by molar-refractivity contribution is 0.552. The van der Waals surface area contributed by atoms with E-state index in [1.165, 1.54) is 18.2 Å². The fourth-order valence-corrected chi connectivity index (χ4v) is 3.84. The SMILES string of the molecule is Cc1ccc(N)c(S(=O)(=O)Cc2c(F)ccc(Br)c2F)c1. The number of rotatable bonds is 3. The summed E-state index contributed by atoms with van der Waals surface area (Å²) >= 11 is 2.91. The van der Waals surface area contributed by atoms with Crippen molar-refractivity contribution in [1.82, 2.24) is 0 Å². The van der Waals surface area contributed by atoms with Crippen LogP contribution >= 0.6 is 15.9 Å². The van der Waals surface area contributed by atoms with Crippen LogP contribution in [0, 0.1) is 18.6 Å². The van der Waals surface area contributed by atoms with Gasteiger partial charge in [0.05, 0.1) is 20.8 Å². The summed E-state index contributed by atoms with van der Waals surface area (Å²) in [6.07, 6.45) is 0. The van der Waals surface area contributed by atoms with E-state index in [2.05, 4.69) is 15.9 Å². The molecule has 0 aliphatic rings. The summed E-state index contributed by atoms with van der Waals surface area (Å²) in [5.41, 5.74) is 5.90. The lowest BCUT2D eigenvalue weighted by Crippen LogP contribution is -2.11. The van der Waals surface area contributed by atoms with E-state index in [0.717, 1.165) is 6.07 Å². The molecule has 0 unspecified atom stereocenters. The molecule has 2 aromatic carbocycles. The molecule has 0 aliphatic carbocycles. The molecule has 0 bridgehead atoms. The monoisotopic (exact) mass is 375 g/mol. The molecule has 0 radical (unpaired) electrons. The molecule has 0 fully saturated rings. The van der Waals surface area contributed by atoms with E-state index in [1.807, 2.05) is 0 Å². The Labute approximate surface area is 129 Å². The summed E-state index contributed by atoms with van der Waals surface area (Å²) in [5.74, 6) is -2.63. The molecule has 112 valence electrons.